The van der Waals surface area contributed by atoms with Crippen LogP contribution in [0.5, 0.6) is 0 Å². The minimum Gasteiger partial charge on any atom is -0.462 e. The molecule has 3 heterocycles. The molecule has 1 aliphatic rings. The van der Waals surface area contributed by atoms with Gasteiger partial charge in [-0.2, -0.15) is 0 Å². The maximum absolute atomic E-state index is 15.0. The number of rotatable bonds is 4. The molecule has 0 fully saturated rings. The van der Waals surface area contributed by atoms with Crippen LogP contribution in [0.15, 0.2) is 59.0 Å². The van der Waals surface area contributed by atoms with Gasteiger partial charge >= 0.3 is 0 Å². The Balaban J connectivity index is 1.65. The number of furan rings is 1. The molecule has 2 N–H and O–H groups in total. The third-order valence-electron chi connectivity index (χ3n) is 5.64. The predicted octanol–water partition coefficient (Wildman–Crippen LogP) is 5.19. The first-order chi connectivity index (χ1) is 14.2. The van der Waals surface area contributed by atoms with E-state index in [1.165, 1.54) is 17.0 Å². The van der Waals surface area contributed by atoms with Gasteiger partial charge in [0.1, 0.15) is 23.9 Å². The second kappa shape index (κ2) is 7.34. The van der Waals surface area contributed by atoms with Crippen molar-refractivity contribution in [3.05, 3.63) is 93.8 Å². The number of fused-ring (bicyclic) bond motifs is 3. The minimum absolute atomic E-state index is 0.144. The molecular weight excluding hydrogens is 391 g/mol. The molecule has 0 radical (unpaired) electrons. The van der Waals surface area contributed by atoms with E-state index in [0.717, 1.165) is 29.9 Å². The van der Waals surface area contributed by atoms with Crippen LogP contribution in [-0.2, 0) is 19.6 Å². The highest BCUT2D eigenvalue weighted by Crippen LogP contribution is 2.42. The molecule has 0 saturated carbocycles. The molecule has 0 bridgehead atoms. The van der Waals surface area contributed by atoms with Crippen LogP contribution in [0.1, 0.15) is 34.4 Å². The summed E-state index contributed by atoms with van der Waals surface area (Å²) in [5.74, 6) is 0.921. The molecule has 29 heavy (non-hydrogen) atoms. The van der Waals surface area contributed by atoms with E-state index in [-0.39, 0.29) is 18.5 Å². The van der Waals surface area contributed by atoms with Crippen LogP contribution in [0, 0.1) is 5.82 Å². The Morgan fingerprint density at radius 3 is 2.72 bits per heavy atom. The topological polar surface area (TPSA) is 52.4 Å². The minimum atomic E-state index is -0.359. The number of nitrogens with zero attached hydrogens (tertiary/aromatic N) is 1. The fourth-order valence-corrected chi connectivity index (χ4v) is 4.62. The van der Waals surface area contributed by atoms with Crippen molar-refractivity contribution in [3.63, 3.8) is 0 Å². The monoisotopic (exact) mass is 410 g/mol. The van der Waals surface area contributed by atoms with E-state index < -0.39 is 0 Å². The van der Waals surface area contributed by atoms with Gasteiger partial charge in [-0.25, -0.2) is 4.39 Å². The summed E-state index contributed by atoms with van der Waals surface area (Å²) >= 11 is 6.49. The summed E-state index contributed by atoms with van der Waals surface area (Å²) in [6, 6.07) is 16.2. The Labute approximate surface area is 172 Å². The number of aromatic nitrogens is 1. The molecule has 0 saturated heterocycles. The summed E-state index contributed by atoms with van der Waals surface area (Å²) in [4.78, 5) is 5.68. The molecule has 148 valence electrons. The number of halogens is 2. The summed E-state index contributed by atoms with van der Waals surface area (Å²) in [5.41, 5.74) is 3.68. The number of nitrogens with one attached hydrogen (secondary N) is 1. The fraction of sp³-hybridized carbons (Fsp3) is 0.217. The van der Waals surface area contributed by atoms with Gasteiger partial charge in [-0.05, 0) is 42.3 Å². The summed E-state index contributed by atoms with van der Waals surface area (Å²) in [5, 5.41) is 10.9. The van der Waals surface area contributed by atoms with Gasteiger partial charge in [0.25, 0.3) is 0 Å². The van der Waals surface area contributed by atoms with Crippen LogP contribution in [-0.4, -0.2) is 21.5 Å². The lowest BCUT2D eigenvalue weighted by atomic mass is 9.92. The number of hydrogen-bond acceptors (Lipinski definition) is 3. The van der Waals surface area contributed by atoms with Crippen LogP contribution in [0.2, 0.25) is 5.02 Å². The van der Waals surface area contributed by atoms with E-state index in [4.69, 9.17) is 16.0 Å². The number of benzene rings is 2. The van der Waals surface area contributed by atoms with Crippen molar-refractivity contribution in [2.45, 2.75) is 25.6 Å². The molecule has 0 unspecified atom stereocenters. The third-order valence-corrected chi connectivity index (χ3v) is 5.97. The van der Waals surface area contributed by atoms with Gasteiger partial charge in [0.05, 0.1) is 12.6 Å². The SMILES string of the molecule is OCc1ccc(CN2CCc3c([nH]c4ccccc34)[C@@H]2c2c(F)cccc2Cl)o1. The Hall–Kier alpha value is -2.60. The molecule has 1 aliphatic heterocycles. The molecule has 2 aromatic heterocycles. The maximum atomic E-state index is 15.0. The summed E-state index contributed by atoms with van der Waals surface area (Å²) < 4.78 is 20.7. The van der Waals surface area contributed by atoms with Crippen LogP contribution >= 0.6 is 11.6 Å². The lowest BCUT2D eigenvalue weighted by molar-refractivity contribution is 0.177. The van der Waals surface area contributed by atoms with Gasteiger partial charge in [-0.15, -0.1) is 0 Å². The fourth-order valence-electron chi connectivity index (χ4n) is 4.35. The van der Waals surface area contributed by atoms with Crippen molar-refractivity contribution in [1.82, 2.24) is 9.88 Å². The van der Waals surface area contributed by atoms with Crippen molar-refractivity contribution in [3.8, 4) is 0 Å². The average molecular weight is 411 g/mol. The second-order valence-electron chi connectivity index (χ2n) is 7.35. The maximum Gasteiger partial charge on any atom is 0.129 e. The Morgan fingerprint density at radius 1 is 1.10 bits per heavy atom. The van der Waals surface area contributed by atoms with Gasteiger partial charge in [-0.3, -0.25) is 4.90 Å². The van der Waals surface area contributed by atoms with E-state index in [1.54, 1.807) is 18.2 Å². The van der Waals surface area contributed by atoms with Crippen molar-refractivity contribution >= 4 is 22.5 Å². The molecule has 5 rings (SSSR count). The van der Waals surface area contributed by atoms with Gasteiger partial charge in [0.15, 0.2) is 0 Å². The van der Waals surface area contributed by atoms with Crippen LogP contribution in [0.3, 0.4) is 0 Å². The average Bonchev–Trinajstić information content (AvgIpc) is 3.33. The highest BCUT2D eigenvalue weighted by atomic mass is 35.5. The highest BCUT2D eigenvalue weighted by Gasteiger charge is 2.35. The van der Waals surface area contributed by atoms with E-state index in [9.17, 15) is 9.50 Å². The van der Waals surface area contributed by atoms with Gasteiger partial charge in [-0.1, -0.05) is 35.9 Å². The predicted molar refractivity (Wildman–Crippen MR) is 110 cm³/mol. The van der Waals surface area contributed by atoms with Crippen molar-refractivity contribution in [2.24, 2.45) is 0 Å². The molecule has 1 atom stereocenters. The molecule has 0 aliphatic carbocycles. The second-order valence-corrected chi connectivity index (χ2v) is 7.75. The normalized spacial score (nSPS) is 17.0. The van der Waals surface area contributed by atoms with Crippen molar-refractivity contribution in [2.75, 3.05) is 6.54 Å². The molecular formula is C23H20ClFN2O2. The zero-order valence-corrected chi connectivity index (χ0v) is 16.4. The van der Waals surface area contributed by atoms with Crippen LogP contribution < -0.4 is 0 Å². The molecule has 0 spiro atoms. The van der Waals surface area contributed by atoms with Gasteiger partial charge in [0, 0.05) is 33.7 Å². The van der Waals surface area contributed by atoms with Gasteiger partial charge < -0.3 is 14.5 Å². The van der Waals surface area contributed by atoms with Crippen LogP contribution in [0.4, 0.5) is 4.39 Å². The third kappa shape index (κ3) is 3.15. The zero-order valence-electron chi connectivity index (χ0n) is 15.7. The van der Waals surface area contributed by atoms with Crippen molar-refractivity contribution in [1.29, 1.82) is 0 Å². The summed E-state index contributed by atoms with van der Waals surface area (Å²) in [6.45, 7) is 1.08. The largest absolute Gasteiger partial charge is 0.462 e. The Morgan fingerprint density at radius 2 is 1.93 bits per heavy atom. The molecule has 6 heteroatoms. The summed E-state index contributed by atoms with van der Waals surface area (Å²) in [6.07, 6.45) is 0.843. The first-order valence-corrected chi connectivity index (χ1v) is 9.99. The molecule has 0 amide bonds. The first-order valence-electron chi connectivity index (χ1n) is 9.61. The lowest BCUT2D eigenvalue weighted by Crippen LogP contribution is -2.36. The highest BCUT2D eigenvalue weighted by molar-refractivity contribution is 6.31. The van der Waals surface area contributed by atoms with E-state index in [2.05, 4.69) is 16.0 Å². The van der Waals surface area contributed by atoms with E-state index in [0.29, 0.717) is 22.9 Å². The number of H-pyrrole nitrogens is 1. The molecule has 2 aromatic carbocycles. The Bertz CT molecular complexity index is 1160. The smallest absolute Gasteiger partial charge is 0.129 e. The number of aromatic amines is 1. The quantitative estimate of drug-likeness (QED) is 0.486. The number of aliphatic hydroxyl groups is 1. The number of hydrogen-bond donors (Lipinski definition) is 2. The van der Waals surface area contributed by atoms with Gasteiger partial charge in [0.2, 0.25) is 0 Å². The summed E-state index contributed by atoms with van der Waals surface area (Å²) in [7, 11) is 0. The number of aliphatic hydroxyl groups excluding tert-OH is 1. The standard InChI is InChI=1S/C23H20ClFN2O2/c24-18-5-3-6-19(25)21(18)23-22-17(16-4-1-2-7-20(16)26-22)10-11-27(23)12-14-8-9-15(13-28)29-14/h1-9,23,26,28H,10-13H2/t23-/m0/s1. The lowest BCUT2D eigenvalue weighted by Gasteiger charge is -2.36. The van der Waals surface area contributed by atoms with E-state index >= 15 is 0 Å². The molecule has 4 nitrogen and oxygen atoms in total. The number of para-hydroxylation sites is 1. The first kappa shape index (κ1) is 18.4. The van der Waals surface area contributed by atoms with Crippen molar-refractivity contribution < 1.29 is 13.9 Å². The van der Waals surface area contributed by atoms with Crippen LogP contribution in [0.25, 0.3) is 10.9 Å². The molecule has 4 aromatic rings. The Kier molecular flexibility index (Phi) is 4.66. The van der Waals surface area contributed by atoms with E-state index in [1.807, 2.05) is 24.3 Å². The zero-order chi connectivity index (χ0) is 20.0.